The molecule has 2 heteroatoms. The van der Waals surface area contributed by atoms with Crippen molar-refractivity contribution in [3.63, 3.8) is 0 Å². The molecule has 0 aromatic carbocycles. The Balaban J connectivity index is 2.40. The minimum atomic E-state index is 0.247. The summed E-state index contributed by atoms with van der Waals surface area (Å²) in [5.74, 6) is 0. The van der Waals surface area contributed by atoms with Crippen molar-refractivity contribution in [2.75, 3.05) is 0 Å². The van der Waals surface area contributed by atoms with E-state index in [9.17, 15) is 0 Å². The molecule has 0 aliphatic heterocycles. The first kappa shape index (κ1) is 9.53. The molecule has 0 radical (unpaired) electrons. The van der Waals surface area contributed by atoms with Crippen LogP contribution in [0, 0.1) is 0 Å². The van der Waals surface area contributed by atoms with Crippen LogP contribution in [0.1, 0.15) is 43.1 Å². The summed E-state index contributed by atoms with van der Waals surface area (Å²) >= 11 is 0. The third-order valence-electron chi connectivity index (χ3n) is 3.17. The first-order chi connectivity index (χ1) is 6.74. The minimum absolute atomic E-state index is 0.247. The van der Waals surface area contributed by atoms with E-state index in [1.807, 2.05) is 6.08 Å². The number of aromatic nitrogens is 1. The second-order valence-corrected chi connectivity index (χ2v) is 4.10. The molecular weight excluding hydrogens is 172 g/mol. The number of hydrogen-bond acceptors (Lipinski definition) is 1. The minimum Gasteiger partial charge on any atom is -0.345 e. The fourth-order valence-corrected chi connectivity index (χ4v) is 2.25. The Hall–Kier alpha value is -1.02. The van der Waals surface area contributed by atoms with Gasteiger partial charge in [-0.1, -0.05) is 6.08 Å². The lowest BCUT2D eigenvalue weighted by molar-refractivity contribution is 0.530. The SMILES string of the molecule is C=CC(C)n1ccc2c1CCCC2N. The maximum absolute atomic E-state index is 6.06. The third-order valence-corrected chi connectivity index (χ3v) is 3.17. The largest absolute Gasteiger partial charge is 0.345 e. The predicted molar refractivity (Wildman–Crippen MR) is 59.2 cm³/mol. The van der Waals surface area contributed by atoms with E-state index in [-0.39, 0.29) is 6.04 Å². The average Bonchev–Trinajstić information content (AvgIpc) is 2.62. The molecular formula is C12H18N2. The van der Waals surface area contributed by atoms with Gasteiger partial charge in [-0.05, 0) is 37.8 Å². The Morgan fingerprint density at radius 1 is 1.71 bits per heavy atom. The number of nitrogens with zero attached hydrogens (tertiary/aromatic N) is 1. The van der Waals surface area contributed by atoms with Crippen LogP contribution in [-0.4, -0.2) is 4.57 Å². The smallest absolute Gasteiger partial charge is 0.0482 e. The highest BCUT2D eigenvalue weighted by Crippen LogP contribution is 2.30. The summed E-state index contributed by atoms with van der Waals surface area (Å²) in [5.41, 5.74) is 8.81. The van der Waals surface area contributed by atoms with Gasteiger partial charge in [-0.15, -0.1) is 6.58 Å². The Bertz CT molecular complexity index is 338. The molecule has 14 heavy (non-hydrogen) atoms. The van der Waals surface area contributed by atoms with Crippen molar-refractivity contribution < 1.29 is 0 Å². The Morgan fingerprint density at radius 2 is 2.50 bits per heavy atom. The highest BCUT2D eigenvalue weighted by molar-refractivity contribution is 5.29. The molecule has 1 aromatic rings. The molecule has 76 valence electrons. The van der Waals surface area contributed by atoms with Crippen LogP contribution in [0.5, 0.6) is 0 Å². The zero-order valence-electron chi connectivity index (χ0n) is 8.74. The van der Waals surface area contributed by atoms with Crippen molar-refractivity contribution in [2.45, 2.75) is 38.3 Å². The molecule has 0 amide bonds. The summed E-state index contributed by atoms with van der Waals surface area (Å²) in [6, 6.07) is 2.79. The third kappa shape index (κ3) is 1.40. The van der Waals surface area contributed by atoms with Crippen LogP contribution in [0.4, 0.5) is 0 Å². The molecule has 2 nitrogen and oxygen atoms in total. The molecule has 0 spiro atoms. The van der Waals surface area contributed by atoms with E-state index < -0.39 is 0 Å². The standard InChI is InChI=1S/C12H18N2/c1-3-9(2)14-8-7-10-11(13)5-4-6-12(10)14/h3,7-9,11H,1,4-6,13H2,2H3. The number of nitrogens with two attached hydrogens (primary N) is 1. The van der Waals surface area contributed by atoms with Gasteiger partial charge in [-0.3, -0.25) is 0 Å². The van der Waals surface area contributed by atoms with Gasteiger partial charge >= 0.3 is 0 Å². The maximum Gasteiger partial charge on any atom is 0.0482 e. The lowest BCUT2D eigenvalue weighted by Crippen LogP contribution is -2.18. The van der Waals surface area contributed by atoms with E-state index in [0.29, 0.717) is 6.04 Å². The van der Waals surface area contributed by atoms with E-state index in [2.05, 4.69) is 30.3 Å². The molecule has 0 saturated heterocycles. The number of allylic oxidation sites excluding steroid dienone is 1. The van der Waals surface area contributed by atoms with Gasteiger partial charge in [-0.2, -0.15) is 0 Å². The van der Waals surface area contributed by atoms with E-state index in [1.165, 1.54) is 17.7 Å². The number of fused-ring (bicyclic) bond motifs is 1. The molecule has 1 aliphatic rings. The molecule has 0 bridgehead atoms. The zero-order valence-corrected chi connectivity index (χ0v) is 8.74. The normalized spacial score (nSPS) is 22.9. The van der Waals surface area contributed by atoms with Crippen molar-refractivity contribution in [3.8, 4) is 0 Å². The first-order valence-electron chi connectivity index (χ1n) is 5.31. The second-order valence-electron chi connectivity index (χ2n) is 4.10. The quantitative estimate of drug-likeness (QED) is 0.714. The summed E-state index contributed by atoms with van der Waals surface area (Å²) in [6.45, 7) is 5.99. The summed E-state index contributed by atoms with van der Waals surface area (Å²) in [7, 11) is 0. The van der Waals surface area contributed by atoms with E-state index in [4.69, 9.17) is 5.73 Å². The van der Waals surface area contributed by atoms with Gasteiger partial charge in [0.1, 0.15) is 0 Å². The summed E-state index contributed by atoms with van der Waals surface area (Å²) in [5, 5.41) is 0. The highest BCUT2D eigenvalue weighted by Gasteiger charge is 2.20. The van der Waals surface area contributed by atoms with Crippen LogP contribution in [0.3, 0.4) is 0 Å². The Kier molecular flexibility index (Phi) is 2.46. The monoisotopic (exact) mass is 190 g/mol. The van der Waals surface area contributed by atoms with Gasteiger partial charge in [-0.25, -0.2) is 0 Å². The number of rotatable bonds is 2. The summed E-state index contributed by atoms with van der Waals surface area (Å²) in [6.07, 6.45) is 7.61. The molecule has 2 unspecified atom stereocenters. The average molecular weight is 190 g/mol. The van der Waals surface area contributed by atoms with Crippen LogP contribution < -0.4 is 5.73 Å². The van der Waals surface area contributed by atoms with Crippen molar-refractivity contribution in [1.29, 1.82) is 0 Å². The molecule has 2 N–H and O–H groups in total. The van der Waals surface area contributed by atoms with Gasteiger partial charge in [0.2, 0.25) is 0 Å². The van der Waals surface area contributed by atoms with Crippen LogP contribution in [0.15, 0.2) is 24.9 Å². The molecule has 1 aromatic heterocycles. The van der Waals surface area contributed by atoms with Crippen LogP contribution in [0.25, 0.3) is 0 Å². The van der Waals surface area contributed by atoms with Crippen LogP contribution >= 0.6 is 0 Å². The summed E-state index contributed by atoms with van der Waals surface area (Å²) < 4.78 is 2.29. The maximum atomic E-state index is 6.06. The van der Waals surface area contributed by atoms with Crippen molar-refractivity contribution >= 4 is 0 Å². The Labute approximate surface area is 85.4 Å². The van der Waals surface area contributed by atoms with Gasteiger partial charge in [0.25, 0.3) is 0 Å². The molecule has 2 rings (SSSR count). The Morgan fingerprint density at radius 3 is 3.21 bits per heavy atom. The van der Waals surface area contributed by atoms with Crippen LogP contribution in [-0.2, 0) is 6.42 Å². The fourth-order valence-electron chi connectivity index (χ4n) is 2.25. The molecule has 0 saturated carbocycles. The molecule has 1 aliphatic carbocycles. The lowest BCUT2D eigenvalue weighted by atomic mass is 9.93. The van der Waals surface area contributed by atoms with Gasteiger partial charge in [0.05, 0.1) is 0 Å². The van der Waals surface area contributed by atoms with E-state index >= 15 is 0 Å². The molecule has 2 atom stereocenters. The zero-order chi connectivity index (χ0) is 10.1. The van der Waals surface area contributed by atoms with E-state index in [1.54, 1.807) is 0 Å². The highest BCUT2D eigenvalue weighted by atomic mass is 15.0. The first-order valence-corrected chi connectivity index (χ1v) is 5.31. The van der Waals surface area contributed by atoms with Crippen LogP contribution in [0.2, 0.25) is 0 Å². The van der Waals surface area contributed by atoms with Crippen molar-refractivity contribution in [1.82, 2.24) is 4.57 Å². The summed E-state index contributed by atoms with van der Waals surface area (Å²) in [4.78, 5) is 0. The lowest BCUT2D eigenvalue weighted by Gasteiger charge is -2.22. The van der Waals surface area contributed by atoms with Gasteiger partial charge < -0.3 is 10.3 Å². The number of hydrogen-bond donors (Lipinski definition) is 1. The molecule has 0 fully saturated rings. The van der Waals surface area contributed by atoms with Gasteiger partial charge in [0, 0.05) is 24.0 Å². The molecule has 1 heterocycles. The topological polar surface area (TPSA) is 30.9 Å². The second kappa shape index (κ2) is 3.62. The van der Waals surface area contributed by atoms with E-state index in [0.717, 1.165) is 12.8 Å². The predicted octanol–water partition coefficient (Wildman–Crippen LogP) is 2.57. The fraction of sp³-hybridized carbons (Fsp3) is 0.500. The van der Waals surface area contributed by atoms with Gasteiger partial charge in [0.15, 0.2) is 0 Å². The van der Waals surface area contributed by atoms with Crippen molar-refractivity contribution in [2.24, 2.45) is 5.73 Å². The van der Waals surface area contributed by atoms with Crippen molar-refractivity contribution in [3.05, 3.63) is 36.2 Å².